The maximum atomic E-state index is 3.82. The van der Waals surface area contributed by atoms with Crippen LogP contribution in [0.4, 0.5) is 0 Å². The van der Waals surface area contributed by atoms with Crippen molar-refractivity contribution in [2.75, 3.05) is 0 Å². The number of aryl methyl sites for hydroxylation is 1. The Kier molecular flexibility index (Phi) is 2.72. The molecule has 0 bridgehead atoms. The van der Waals surface area contributed by atoms with Gasteiger partial charge in [0.15, 0.2) is 0 Å². The zero-order valence-electron chi connectivity index (χ0n) is 8.65. The predicted molar refractivity (Wildman–Crippen MR) is 60.8 cm³/mol. The highest BCUT2D eigenvalue weighted by Gasteiger charge is 2.05. The lowest BCUT2D eigenvalue weighted by atomic mass is 9.94. The third kappa shape index (κ3) is 1.57. The molecule has 0 amide bonds. The Labute approximate surface area is 80.6 Å². The van der Waals surface area contributed by atoms with E-state index >= 15 is 0 Å². The van der Waals surface area contributed by atoms with E-state index in [4.69, 9.17) is 0 Å². The maximum Gasteiger partial charge on any atom is -0.0158 e. The standard InChI is InChI=1S/C13H16/c1-6-12-8-9(3)10(4)11(5)13(12)7-2/h6-8H,1-2H2,3-5H3. The lowest BCUT2D eigenvalue weighted by Gasteiger charge is -2.11. The molecule has 0 saturated heterocycles. The third-order valence-corrected chi connectivity index (χ3v) is 2.67. The van der Waals surface area contributed by atoms with Gasteiger partial charge in [-0.1, -0.05) is 31.4 Å². The van der Waals surface area contributed by atoms with Gasteiger partial charge >= 0.3 is 0 Å². The van der Waals surface area contributed by atoms with Gasteiger partial charge in [0.25, 0.3) is 0 Å². The fourth-order valence-corrected chi connectivity index (χ4v) is 1.57. The topological polar surface area (TPSA) is 0 Å². The average molecular weight is 172 g/mol. The van der Waals surface area contributed by atoms with Crippen LogP contribution in [0.1, 0.15) is 27.8 Å². The highest BCUT2D eigenvalue weighted by Crippen LogP contribution is 2.23. The molecule has 0 N–H and O–H groups in total. The molecule has 0 saturated carbocycles. The first-order valence-electron chi connectivity index (χ1n) is 4.47. The largest absolute Gasteiger partial charge is 0.0984 e. The Bertz CT molecular complexity index is 357. The molecule has 0 radical (unpaired) electrons. The number of hydrogen-bond donors (Lipinski definition) is 0. The van der Waals surface area contributed by atoms with Crippen molar-refractivity contribution in [2.24, 2.45) is 0 Å². The Balaban J connectivity index is 3.56. The van der Waals surface area contributed by atoms with Gasteiger partial charge in [-0.3, -0.25) is 0 Å². The summed E-state index contributed by atoms with van der Waals surface area (Å²) in [6.45, 7) is 14.0. The van der Waals surface area contributed by atoms with Crippen LogP contribution in [0.25, 0.3) is 12.2 Å². The molecule has 0 nitrogen and oxygen atoms in total. The second-order valence-corrected chi connectivity index (χ2v) is 3.35. The Morgan fingerprint density at radius 1 is 1.00 bits per heavy atom. The van der Waals surface area contributed by atoms with E-state index < -0.39 is 0 Å². The first-order valence-corrected chi connectivity index (χ1v) is 4.47. The van der Waals surface area contributed by atoms with Crippen molar-refractivity contribution in [1.29, 1.82) is 0 Å². The molecule has 0 aliphatic carbocycles. The van der Waals surface area contributed by atoms with Crippen LogP contribution in [-0.2, 0) is 0 Å². The molecule has 0 heterocycles. The normalized spacial score (nSPS) is 9.77. The van der Waals surface area contributed by atoms with Crippen LogP contribution in [0, 0.1) is 20.8 Å². The van der Waals surface area contributed by atoms with Crippen LogP contribution < -0.4 is 0 Å². The van der Waals surface area contributed by atoms with Gasteiger partial charge < -0.3 is 0 Å². The van der Waals surface area contributed by atoms with Gasteiger partial charge in [-0.15, -0.1) is 0 Å². The molecule has 0 fully saturated rings. The summed E-state index contributed by atoms with van der Waals surface area (Å²) in [5.41, 5.74) is 6.36. The van der Waals surface area contributed by atoms with Crippen molar-refractivity contribution in [3.63, 3.8) is 0 Å². The zero-order valence-corrected chi connectivity index (χ0v) is 8.65. The molecule has 0 spiro atoms. The Hall–Kier alpha value is -1.30. The zero-order chi connectivity index (χ0) is 10.0. The SMILES string of the molecule is C=Cc1cc(C)c(C)c(C)c1C=C. The Morgan fingerprint density at radius 3 is 2.08 bits per heavy atom. The molecule has 13 heavy (non-hydrogen) atoms. The second-order valence-electron chi connectivity index (χ2n) is 3.35. The third-order valence-electron chi connectivity index (χ3n) is 2.67. The monoisotopic (exact) mass is 172 g/mol. The predicted octanol–water partition coefficient (Wildman–Crippen LogP) is 3.90. The van der Waals surface area contributed by atoms with Crippen molar-refractivity contribution < 1.29 is 0 Å². The summed E-state index contributed by atoms with van der Waals surface area (Å²) in [5, 5.41) is 0. The van der Waals surface area contributed by atoms with E-state index in [-0.39, 0.29) is 0 Å². The van der Waals surface area contributed by atoms with Gasteiger partial charge in [-0.25, -0.2) is 0 Å². The smallest absolute Gasteiger partial charge is 0.0158 e. The van der Waals surface area contributed by atoms with Crippen molar-refractivity contribution in [1.82, 2.24) is 0 Å². The fraction of sp³-hybridized carbons (Fsp3) is 0.231. The van der Waals surface area contributed by atoms with Crippen LogP contribution >= 0.6 is 0 Å². The van der Waals surface area contributed by atoms with Crippen LogP contribution in [0.15, 0.2) is 19.2 Å². The van der Waals surface area contributed by atoms with Gasteiger partial charge in [-0.05, 0) is 48.6 Å². The van der Waals surface area contributed by atoms with Gasteiger partial charge in [0.1, 0.15) is 0 Å². The van der Waals surface area contributed by atoms with Gasteiger partial charge in [0.05, 0.1) is 0 Å². The maximum absolute atomic E-state index is 3.82. The van der Waals surface area contributed by atoms with E-state index in [1.165, 1.54) is 27.8 Å². The quantitative estimate of drug-likeness (QED) is 0.634. The highest BCUT2D eigenvalue weighted by atomic mass is 14.1. The summed E-state index contributed by atoms with van der Waals surface area (Å²) in [4.78, 5) is 0. The minimum atomic E-state index is 1.18. The summed E-state index contributed by atoms with van der Waals surface area (Å²) in [6.07, 6.45) is 3.79. The Morgan fingerprint density at radius 2 is 1.62 bits per heavy atom. The summed E-state index contributed by atoms with van der Waals surface area (Å²) in [5.74, 6) is 0. The van der Waals surface area contributed by atoms with E-state index in [0.717, 1.165) is 0 Å². The number of benzene rings is 1. The molecule has 1 aromatic rings. The molecule has 68 valence electrons. The van der Waals surface area contributed by atoms with E-state index in [1.54, 1.807) is 0 Å². The molecule has 1 rings (SSSR count). The number of rotatable bonds is 2. The average Bonchev–Trinajstić information content (AvgIpc) is 2.13. The highest BCUT2D eigenvalue weighted by molar-refractivity contribution is 5.68. The molecule has 0 heteroatoms. The van der Waals surface area contributed by atoms with Crippen molar-refractivity contribution in [2.45, 2.75) is 20.8 Å². The van der Waals surface area contributed by atoms with Gasteiger partial charge in [0, 0.05) is 0 Å². The van der Waals surface area contributed by atoms with Crippen LogP contribution in [0.3, 0.4) is 0 Å². The van der Waals surface area contributed by atoms with E-state index in [0.29, 0.717) is 0 Å². The van der Waals surface area contributed by atoms with Crippen molar-refractivity contribution in [3.05, 3.63) is 47.0 Å². The molecule has 0 aromatic heterocycles. The minimum absolute atomic E-state index is 1.18. The first kappa shape index (κ1) is 9.79. The van der Waals surface area contributed by atoms with Crippen LogP contribution in [0.2, 0.25) is 0 Å². The first-order chi connectivity index (χ1) is 6.11. The van der Waals surface area contributed by atoms with E-state index in [2.05, 4.69) is 40.0 Å². The number of hydrogen-bond acceptors (Lipinski definition) is 0. The molecule has 0 aliphatic rings. The second kappa shape index (κ2) is 3.61. The van der Waals surface area contributed by atoms with Crippen LogP contribution in [-0.4, -0.2) is 0 Å². The summed E-state index contributed by atoms with van der Waals surface area (Å²) >= 11 is 0. The minimum Gasteiger partial charge on any atom is -0.0984 e. The molecule has 0 atom stereocenters. The van der Waals surface area contributed by atoms with E-state index in [1.807, 2.05) is 12.2 Å². The molecule has 1 aromatic carbocycles. The van der Waals surface area contributed by atoms with E-state index in [9.17, 15) is 0 Å². The molecule has 0 unspecified atom stereocenters. The van der Waals surface area contributed by atoms with Crippen molar-refractivity contribution in [3.8, 4) is 0 Å². The van der Waals surface area contributed by atoms with Crippen LogP contribution in [0.5, 0.6) is 0 Å². The summed E-state index contributed by atoms with van der Waals surface area (Å²) in [6, 6.07) is 2.16. The summed E-state index contributed by atoms with van der Waals surface area (Å²) in [7, 11) is 0. The lowest BCUT2D eigenvalue weighted by molar-refractivity contribution is 1.25. The van der Waals surface area contributed by atoms with Gasteiger partial charge in [0.2, 0.25) is 0 Å². The lowest BCUT2D eigenvalue weighted by Crippen LogP contribution is -1.93. The van der Waals surface area contributed by atoms with Gasteiger partial charge in [-0.2, -0.15) is 0 Å². The fourth-order valence-electron chi connectivity index (χ4n) is 1.57. The molecular formula is C13H16. The summed E-state index contributed by atoms with van der Waals surface area (Å²) < 4.78 is 0. The molecule has 0 aliphatic heterocycles. The van der Waals surface area contributed by atoms with Crippen molar-refractivity contribution >= 4 is 12.2 Å². The molecular weight excluding hydrogens is 156 g/mol.